The van der Waals surface area contributed by atoms with E-state index in [1.54, 1.807) is 12.1 Å². The Hall–Kier alpha value is -3.16. The zero-order valence-corrected chi connectivity index (χ0v) is 14.6. The molecule has 1 amide bonds. The number of halogens is 1. The normalized spacial score (nSPS) is 16.4. The number of Topliss-reactive ketones (excluding diaryl/α,β-unsaturated/α-hetero) is 1. The second kappa shape index (κ2) is 8.03. The van der Waals surface area contributed by atoms with Gasteiger partial charge in [0.2, 0.25) is 5.91 Å². The first kappa shape index (κ1) is 18.6. The number of likely N-dealkylation sites (tertiary alicyclic amines) is 1. The molecule has 1 atom stereocenters. The molecule has 1 aromatic heterocycles. The van der Waals surface area contributed by atoms with Crippen molar-refractivity contribution >= 4 is 17.7 Å². The third-order valence-corrected chi connectivity index (χ3v) is 4.29. The molecule has 7 nitrogen and oxygen atoms in total. The number of benzene rings is 1. The average molecular weight is 375 g/mol. The van der Waals surface area contributed by atoms with Gasteiger partial charge < -0.3 is 18.8 Å². The van der Waals surface area contributed by atoms with Gasteiger partial charge in [0.05, 0.1) is 25.8 Å². The summed E-state index contributed by atoms with van der Waals surface area (Å²) in [5, 5.41) is 0. The van der Waals surface area contributed by atoms with Crippen molar-refractivity contribution < 1.29 is 32.7 Å². The smallest absolute Gasteiger partial charge is 0.311 e. The van der Waals surface area contributed by atoms with Crippen molar-refractivity contribution in [3.63, 3.8) is 0 Å². The van der Waals surface area contributed by atoms with E-state index >= 15 is 0 Å². The lowest BCUT2D eigenvalue weighted by Crippen LogP contribution is -2.27. The van der Waals surface area contributed by atoms with Crippen LogP contribution in [0.15, 0.2) is 41.0 Å². The predicted octanol–water partition coefficient (Wildman–Crippen LogP) is 2.20. The van der Waals surface area contributed by atoms with Crippen LogP contribution in [0.25, 0.3) is 0 Å². The van der Waals surface area contributed by atoms with Crippen LogP contribution in [0.1, 0.15) is 22.5 Å². The summed E-state index contributed by atoms with van der Waals surface area (Å²) >= 11 is 0. The monoisotopic (exact) mass is 375 g/mol. The Kier molecular flexibility index (Phi) is 5.54. The fraction of sp³-hybridized carbons (Fsp3) is 0.316. The SMILES string of the molecule is COc1ccc(C(=O)COC(=O)[C@H]2CC(=O)N(Cc3ccco3)C2)cc1F. The molecule has 0 unspecified atom stereocenters. The van der Waals surface area contributed by atoms with E-state index in [0.29, 0.717) is 5.76 Å². The Morgan fingerprint density at radius 3 is 2.81 bits per heavy atom. The van der Waals surface area contributed by atoms with Gasteiger partial charge in [0, 0.05) is 18.5 Å². The van der Waals surface area contributed by atoms with E-state index in [1.165, 1.54) is 30.4 Å². The Morgan fingerprint density at radius 2 is 2.15 bits per heavy atom. The summed E-state index contributed by atoms with van der Waals surface area (Å²) in [6.07, 6.45) is 1.53. The lowest BCUT2D eigenvalue weighted by Gasteiger charge is -2.14. The molecule has 0 N–H and O–H groups in total. The van der Waals surface area contributed by atoms with E-state index in [1.807, 2.05) is 0 Å². The second-order valence-electron chi connectivity index (χ2n) is 6.13. The number of amides is 1. The maximum absolute atomic E-state index is 13.7. The number of carbonyl (C=O) groups excluding carboxylic acids is 3. The Bertz CT molecular complexity index is 848. The highest BCUT2D eigenvalue weighted by Gasteiger charge is 2.35. The number of esters is 1. The fourth-order valence-corrected chi connectivity index (χ4v) is 2.85. The average Bonchev–Trinajstić information content (AvgIpc) is 3.30. The third-order valence-electron chi connectivity index (χ3n) is 4.29. The summed E-state index contributed by atoms with van der Waals surface area (Å²) in [5.74, 6) is -2.04. The van der Waals surface area contributed by atoms with Gasteiger partial charge in [-0.1, -0.05) is 0 Å². The van der Waals surface area contributed by atoms with Gasteiger partial charge in [0.1, 0.15) is 5.76 Å². The maximum atomic E-state index is 13.7. The van der Waals surface area contributed by atoms with Crippen LogP contribution in [0.4, 0.5) is 4.39 Å². The van der Waals surface area contributed by atoms with Gasteiger partial charge in [-0.25, -0.2) is 4.39 Å². The first-order chi connectivity index (χ1) is 13.0. The predicted molar refractivity (Wildman–Crippen MR) is 90.5 cm³/mol. The minimum absolute atomic E-state index is 0.0182. The Morgan fingerprint density at radius 1 is 1.33 bits per heavy atom. The number of methoxy groups -OCH3 is 1. The summed E-state index contributed by atoms with van der Waals surface area (Å²) < 4.78 is 28.7. The molecule has 8 heteroatoms. The van der Waals surface area contributed by atoms with E-state index in [4.69, 9.17) is 13.9 Å². The van der Waals surface area contributed by atoms with Gasteiger partial charge in [0.15, 0.2) is 24.0 Å². The number of nitrogens with zero attached hydrogens (tertiary/aromatic N) is 1. The number of hydrogen-bond acceptors (Lipinski definition) is 6. The van der Waals surface area contributed by atoms with E-state index in [0.717, 1.165) is 6.07 Å². The maximum Gasteiger partial charge on any atom is 0.311 e. The van der Waals surface area contributed by atoms with Crippen LogP contribution >= 0.6 is 0 Å². The minimum atomic E-state index is -0.676. The van der Waals surface area contributed by atoms with Gasteiger partial charge >= 0.3 is 5.97 Å². The Labute approximate surface area is 154 Å². The van der Waals surface area contributed by atoms with Gasteiger partial charge in [-0.3, -0.25) is 14.4 Å². The van der Waals surface area contributed by atoms with Crippen LogP contribution in [-0.4, -0.2) is 42.8 Å². The van der Waals surface area contributed by atoms with Crippen molar-refractivity contribution in [1.29, 1.82) is 0 Å². The first-order valence-electron chi connectivity index (χ1n) is 8.31. The summed E-state index contributed by atoms with van der Waals surface area (Å²) in [7, 11) is 1.32. The number of rotatable bonds is 7. The fourth-order valence-electron chi connectivity index (χ4n) is 2.85. The van der Waals surface area contributed by atoms with Crippen molar-refractivity contribution in [3.05, 3.63) is 53.7 Å². The second-order valence-corrected chi connectivity index (χ2v) is 6.13. The van der Waals surface area contributed by atoms with E-state index in [9.17, 15) is 18.8 Å². The molecule has 1 aromatic carbocycles. The molecule has 1 fully saturated rings. The molecule has 2 aromatic rings. The van der Waals surface area contributed by atoms with Crippen molar-refractivity contribution in [3.8, 4) is 5.75 Å². The van der Waals surface area contributed by atoms with E-state index in [-0.39, 0.29) is 36.7 Å². The summed E-state index contributed by atoms with van der Waals surface area (Å²) in [6.45, 7) is -0.0448. The molecule has 0 aliphatic carbocycles. The van der Waals surface area contributed by atoms with Gasteiger partial charge in [-0.05, 0) is 30.3 Å². The molecule has 0 saturated carbocycles. The topological polar surface area (TPSA) is 86.0 Å². The van der Waals surface area contributed by atoms with Crippen molar-refractivity contribution in [1.82, 2.24) is 4.90 Å². The zero-order valence-electron chi connectivity index (χ0n) is 14.6. The summed E-state index contributed by atoms with van der Waals surface area (Å²) in [5.41, 5.74) is 0.0723. The highest BCUT2D eigenvalue weighted by atomic mass is 19.1. The third kappa shape index (κ3) is 4.33. The molecule has 1 saturated heterocycles. The van der Waals surface area contributed by atoms with Crippen molar-refractivity contribution in [2.45, 2.75) is 13.0 Å². The molecule has 142 valence electrons. The van der Waals surface area contributed by atoms with E-state index in [2.05, 4.69) is 0 Å². The van der Waals surface area contributed by atoms with Crippen LogP contribution in [-0.2, 0) is 20.9 Å². The highest BCUT2D eigenvalue weighted by molar-refractivity contribution is 5.98. The molecule has 1 aliphatic rings. The molecule has 0 spiro atoms. The molecule has 0 bridgehead atoms. The van der Waals surface area contributed by atoms with Gasteiger partial charge in [-0.15, -0.1) is 0 Å². The minimum Gasteiger partial charge on any atom is -0.494 e. The van der Waals surface area contributed by atoms with Crippen molar-refractivity contribution in [2.75, 3.05) is 20.3 Å². The summed E-state index contributed by atoms with van der Waals surface area (Å²) in [4.78, 5) is 37.8. The van der Waals surface area contributed by atoms with Gasteiger partial charge in [0.25, 0.3) is 0 Å². The number of hydrogen-bond donors (Lipinski definition) is 0. The van der Waals surface area contributed by atoms with E-state index < -0.39 is 30.1 Å². The quantitative estimate of drug-likeness (QED) is 0.545. The molecule has 2 heterocycles. The number of carbonyl (C=O) groups is 3. The number of furan rings is 1. The first-order valence-corrected chi connectivity index (χ1v) is 8.31. The standard InChI is InChI=1S/C19H18FNO6/c1-25-17-5-4-12(7-15(17)20)16(22)11-27-19(24)13-8-18(23)21(9-13)10-14-3-2-6-26-14/h2-7,13H,8-11H2,1H3/t13-/m0/s1. The number of ether oxygens (including phenoxy) is 2. The van der Waals surface area contributed by atoms with Crippen LogP contribution in [0.2, 0.25) is 0 Å². The highest BCUT2D eigenvalue weighted by Crippen LogP contribution is 2.22. The molecule has 0 radical (unpaired) electrons. The van der Waals surface area contributed by atoms with Crippen LogP contribution < -0.4 is 4.74 Å². The molecular weight excluding hydrogens is 357 g/mol. The zero-order chi connectivity index (χ0) is 19.4. The lowest BCUT2D eigenvalue weighted by molar-refractivity contribution is -0.147. The Balaban J connectivity index is 1.52. The molecule has 1 aliphatic heterocycles. The van der Waals surface area contributed by atoms with Crippen LogP contribution in [0, 0.1) is 11.7 Å². The molecule has 27 heavy (non-hydrogen) atoms. The molecular formula is C19H18FNO6. The van der Waals surface area contributed by atoms with Gasteiger partial charge in [-0.2, -0.15) is 0 Å². The molecule has 3 rings (SSSR count). The van der Waals surface area contributed by atoms with Crippen molar-refractivity contribution in [2.24, 2.45) is 5.92 Å². The van der Waals surface area contributed by atoms with Crippen LogP contribution in [0.5, 0.6) is 5.75 Å². The van der Waals surface area contributed by atoms with Crippen LogP contribution in [0.3, 0.4) is 0 Å². The summed E-state index contributed by atoms with van der Waals surface area (Å²) in [6, 6.07) is 7.20. The lowest BCUT2D eigenvalue weighted by atomic mass is 10.1. The largest absolute Gasteiger partial charge is 0.494 e. The number of ketones is 1.